The zero-order valence-electron chi connectivity index (χ0n) is 10.7. The second kappa shape index (κ2) is 7.17. The van der Waals surface area contributed by atoms with Crippen molar-refractivity contribution in [1.29, 1.82) is 0 Å². The highest BCUT2D eigenvalue weighted by molar-refractivity contribution is 7.99. The number of carbonyl (C=O) groups excluding carboxylic acids is 1. The molecule has 16 heavy (non-hydrogen) atoms. The highest BCUT2D eigenvalue weighted by Crippen LogP contribution is 2.32. The minimum absolute atomic E-state index is 0.143. The van der Waals surface area contributed by atoms with Crippen LogP contribution in [0, 0.1) is 0 Å². The van der Waals surface area contributed by atoms with Crippen molar-refractivity contribution in [2.24, 2.45) is 0 Å². The molecule has 94 valence electrons. The maximum Gasteiger partial charge on any atom is 0.221 e. The molecule has 0 aliphatic heterocycles. The van der Waals surface area contributed by atoms with Crippen LogP contribution < -0.4 is 5.32 Å². The molecule has 1 rings (SSSR count). The van der Waals surface area contributed by atoms with Gasteiger partial charge in [-0.05, 0) is 32.1 Å². The van der Waals surface area contributed by atoms with Gasteiger partial charge in [0.15, 0.2) is 0 Å². The number of rotatable bonds is 6. The van der Waals surface area contributed by atoms with Crippen LogP contribution in [-0.2, 0) is 4.79 Å². The summed E-state index contributed by atoms with van der Waals surface area (Å²) in [6.45, 7) is 3.11. The van der Waals surface area contributed by atoms with Crippen molar-refractivity contribution >= 4 is 17.7 Å². The van der Waals surface area contributed by atoms with Crippen molar-refractivity contribution in [3.05, 3.63) is 0 Å². The monoisotopic (exact) mass is 244 g/mol. The predicted molar refractivity (Wildman–Crippen MR) is 70.9 cm³/mol. The van der Waals surface area contributed by atoms with Crippen molar-refractivity contribution in [1.82, 2.24) is 10.2 Å². The third-order valence-corrected chi connectivity index (χ3v) is 4.59. The zero-order chi connectivity index (χ0) is 12.0. The fraction of sp³-hybridized carbons (Fsp3) is 0.917. The van der Waals surface area contributed by atoms with Crippen LogP contribution in [-0.4, -0.2) is 48.5 Å². The van der Waals surface area contributed by atoms with Gasteiger partial charge in [-0.3, -0.25) is 4.79 Å². The fourth-order valence-corrected chi connectivity index (χ4v) is 3.42. The van der Waals surface area contributed by atoms with Crippen LogP contribution in [0.4, 0.5) is 0 Å². The maximum absolute atomic E-state index is 11.2. The first-order valence-electron chi connectivity index (χ1n) is 6.19. The van der Waals surface area contributed by atoms with Crippen LogP contribution in [0.3, 0.4) is 0 Å². The van der Waals surface area contributed by atoms with Crippen LogP contribution in [0.1, 0.15) is 32.6 Å². The molecule has 1 N–H and O–H groups in total. The SMILES string of the molecule is CCS[C@@H]1CC[C@@H](N(C)CCC(=O)NC)C1. The molecule has 1 saturated carbocycles. The fourth-order valence-electron chi connectivity index (χ4n) is 2.29. The van der Waals surface area contributed by atoms with Gasteiger partial charge in [0, 0.05) is 31.3 Å². The van der Waals surface area contributed by atoms with Crippen molar-refractivity contribution in [2.75, 3.05) is 26.4 Å². The van der Waals surface area contributed by atoms with Gasteiger partial charge in [-0.25, -0.2) is 0 Å². The third-order valence-electron chi connectivity index (χ3n) is 3.35. The minimum atomic E-state index is 0.143. The van der Waals surface area contributed by atoms with Crippen molar-refractivity contribution in [2.45, 2.75) is 43.9 Å². The molecule has 1 aliphatic carbocycles. The van der Waals surface area contributed by atoms with Crippen molar-refractivity contribution < 1.29 is 4.79 Å². The van der Waals surface area contributed by atoms with E-state index in [0.29, 0.717) is 12.5 Å². The van der Waals surface area contributed by atoms with Crippen LogP contribution in [0.15, 0.2) is 0 Å². The predicted octanol–water partition coefficient (Wildman–Crippen LogP) is 1.73. The summed E-state index contributed by atoms with van der Waals surface area (Å²) in [5.74, 6) is 1.36. The molecule has 0 saturated heterocycles. The zero-order valence-corrected chi connectivity index (χ0v) is 11.5. The molecule has 0 spiro atoms. The van der Waals surface area contributed by atoms with Crippen molar-refractivity contribution in [3.8, 4) is 0 Å². The van der Waals surface area contributed by atoms with E-state index in [1.165, 1.54) is 25.0 Å². The summed E-state index contributed by atoms with van der Waals surface area (Å²) in [4.78, 5) is 13.5. The second-order valence-electron chi connectivity index (χ2n) is 4.45. The number of nitrogens with zero attached hydrogens (tertiary/aromatic N) is 1. The first kappa shape index (κ1) is 13.8. The molecule has 3 nitrogen and oxygen atoms in total. The second-order valence-corrected chi connectivity index (χ2v) is 6.03. The number of thioether (sulfide) groups is 1. The molecule has 0 aromatic rings. The molecule has 0 unspecified atom stereocenters. The minimum Gasteiger partial charge on any atom is -0.359 e. The first-order valence-corrected chi connectivity index (χ1v) is 7.24. The smallest absolute Gasteiger partial charge is 0.221 e. The van der Waals surface area contributed by atoms with E-state index in [1.54, 1.807) is 7.05 Å². The van der Waals surface area contributed by atoms with Crippen LogP contribution in [0.25, 0.3) is 0 Å². The van der Waals surface area contributed by atoms with Crippen LogP contribution >= 0.6 is 11.8 Å². The summed E-state index contributed by atoms with van der Waals surface area (Å²) in [6.07, 6.45) is 4.55. The quantitative estimate of drug-likeness (QED) is 0.772. The molecule has 0 heterocycles. The molecule has 1 fully saturated rings. The Balaban J connectivity index is 2.22. The lowest BCUT2D eigenvalue weighted by atomic mass is 10.2. The molecule has 1 amide bonds. The Morgan fingerprint density at radius 3 is 2.88 bits per heavy atom. The van der Waals surface area contributed by atoms with Gasteiger partial charge in [0.25, 0.3) is 0 Å². The van der Waals surface area contributed by atoms with E-state index in [1.807, 2.05) is 0 Å². The Hall–Kier alpha value is -0.220. The normalized spacial score (nSPS) is 25.0. The number of nitrogens with one attached hydrogen (secondary N) is 1. The average Bonchev–Trinajstić information content (AvgIpc) is 2.74. The van der Waals surface area contributed by atoms with Gasteiger partial charge in [-0.15, -0.1) is 0 Å². The molecule has 0 aromatic heterocycles. The first-order chi connectivity index (χ1) is 7.67. The van der Waals surface area contributed by atoms with Gasteiger partial charge >= 0.3 is 0 Å². The maximum atomic E-state index is 11.2. The van der Waals surface area contributed by atoms with Crippen LogP contribution in [0.2, 0.25) is 0 Å². The Morgan fingerprint density at radius 2 is 2.25 bits per heavy atom. The van der Waals surface area contributed by atoms with Crippen molar-refractivity contribution in [3.63, 3.8) is 0 Å². The number of hydrogen-bond acceptors (Lipinski definition) is 3. The largest absolute Gasteiger partial charge is 0.359 e. The summed E-state index contributed by atoms with van der Waals surface area (Å²) in [5, 5.41) is 3.52. The van der Waals surface area contributed by atoms with Gasteiger partial charge in [0.1, 0.15) is 0 Å². The van der Waals surface area contributed by atoms with Gasteiger partial charge < -0.3 is 10.2 Å². The Bertz CT molecular complexity index is 223. The number of hydrogen-bond donors (Lipinski definition) is 1. The molecular formula is C12H24N2OS. The van der Waals surface area contributed by atoms with Gasteiger partial charge in [0.05, 0.1) is 0 Å². The lowest BCUT2D eigenvalue weighted by Gasteiger charge is -2.23. The van der Waals surface area contributed by atoms with Gasteiger partial charge in [0.2, 0.25) is 5.91 Å². The molecule has 1 aliphatic rings. The highest BCUT2D eigenvalue weighted by atomic mass is 32.2. The molecular weight excluding hydrogens is 220 g/mol. The average molecular weight is 244 g/mol. The van der Waals surface area contributed by atoms with E-state index in [4.69, 9.17) is 0 Å². The standard InChI is InChI=1S/C12H24N2OS/c1-4-16-11-6-5-10(9-11)14(3)8-7-12(15)13-2/h10-11H,4-9H2,1-3H3,(H,13,15)/t10-,11-/m1/s1. The van der Waals surface area contributed by atoms with E-state index >= 15 is 0 Å². The van der Waals surface area contributed by atoms with E-state index in [9.17, 15) is 4.79 Å². The molecule has 0 aromatic carbocycles. The number of carbonyl (C=O) groups is 1. The van der Waals surface area contributed by atoms with Gasteiger partial charge in [-0.2, -0.15) is 11.8 Å². The molecule has 2 atom stereocenters. The summed E-state index contributed by atoms with van der Waals surface area (Å²) in [7, 11) is 3.85. The van der Waals surface area contributed by atoms with E-state index in [-0.39, 0.29) is 5.91 Å². The summed E-state index contributed by atoms with van der Waals surface area (Å²) >= 11 is 2.08. The molecule has 4 heteroatoms. The highest BCUT2D eigenvalue weighted by Gasteiger charge is 2.27. The Labute approximate surface area is 103 Å². The molecule has 0 bridgehead atoms. The molecule has 0 radical (unpaired) electrons. The summed E-state index contributed by atoms with van der Waals surface area (Å²) in [6, 6.07) is 0.689. The lowest BCUT2D eigenvalue weighted by Crippen LogP contribution is -2.33. The number of amides is 1. The van der Waals surface area contributed by atoms with E-state index in [2.05, 4.69) is 35.9 Å². The third kappa shape index (κ3) is 4.34. The van der Waals surface area contributed by atoms with E-state index in [0.717, 1.165) is 11.8 Å². The Morgan fingerprint density at radius 1 is 1.50 bits per heavy atom. The topological polar surface area (TPSA) is 32.3 Å². The van der Waals surface area contributed by atoms with Crippen LogP contribution in [0.5, 0.6) is 0 Å². The summed E-state index contributed by atoms with van der Waals surface area (Å²) in [5.41, 5.74) is 0. The summed E-state index contributed by atoms with van der Waals surface area (Å²) < 4.78 is 0. The lowest BCUT2D eigenvalue weighted by molar-refractivity contribution is -0.120. The van der Waals surface area contributed by atoms with Gasteiger partial charge in [-0.1, -0.05) is 6.92 Å². The Kier molecular flexibility index (Phi) is 6.21. The van der Waals surface area contributed by atoms with E-state index < -0.39 is 0 Å².